The largest absolute Gasteiger partial charge is 0.441 e. The van der Waals surface area contributed by atoms with Crippen molar-refractivity contribution in [2.24, 2.45) is 0 Å². The van der Waals surface area contributed by atoms with Crippen molar-refractivity contribution in [1.29, 1.82) is 0 Å². The zero-order chi connectivity index (χ0) is 13.5. The van der Waals surface area contributed by atoms with Gasteiger partial charge in [0.05, 0.1) is 18.8 Å². The third-order valence-corrected chi connectivity index (χ3v) is 4.09. The maximum atomic E-state index is 12.0. The van der Waals surface area contributed by atoms with Crippen molar-refractivity contribution in [2.75, 3.05) is 19.6 Å². The molecule has 0 aliphatic carbocycles. The van der Waals surface area contributed by atoms with Crippen LogP contribution >= 0.6 is 12.4 Å². The van der Waals surface area contributed by atoms with Gasteiger partial charge in [-0.1, -0.05) is 5.16 Å². The van der Waals surface area contributed by atoms with Gasteiger partial charge in [0.15, 0.2) is 0 Å². The van der Waals surface area contributed by atoms with Crippen LogP contribution in [0.15, 0.2) is 4.52 Å². The minimum absolute atomic E-state index is 0. The molecule has 0 unspecified atom stereocenters. The number of aromatic nitrogens is 1. The van der Waals surface area contributed by atoms with Crippen molar-refractivity contribution >= 4 is 18.5 Å². The highest BCUT2D eigenvalue weighted by Crippen LogP contribution is 2.32. The molecule has 6 nitrogen and oxygen atoms in total. The minimum atomic E-state index is -0.290. The quantitative estimate of drug-likeness (QED) is 0.902. The number of rotatable bonds is 2. The topological polar surface area (TPSA) is 67.6 Å². The van der Waals surface area contributed by atoms with Crippen molar-refractivity contribution in [1.82, 2.24) is 15.4 Å². The van der Waals surface area contributed by atoms with Gasteiger partial charge in [0, 0.05) is 18.4 Å². The van der Waals surface area contributed by atoms with Gasteiger partial charge in [0.1, 0.15) is 11.4 Å². The molecule has 1 spiro atoms. The number of hydrogen-bond donors (Lipinski definition) is 1. The number of nitrogens with zero attached hydrogens (tertiary/aromatic N) is 2. The molecule has 0 saturated carbocycles. The molecular formula is C13H20ClN3O3. The van der Waals surface area contributed by atoms with Gasteiger partial charge in [-0.25, -0.2) is 4.79 Å². The second-order valence-electron chi connectivity index (χ2n) is 5.46. The number of carbonyl (C=O) groups excluding carboxylic acids is 1. The first kappa shape index (κ1) is 15.1. The van der Waals surface area contributed by atoms with E-state index in [1.54, 1.807) is 4.90 Å². The molecule has 2 fully saturated rings. The number of halogens is 1. The molecule has 0 atom stereocenters. The molecule has 3 heterocycles. The molecular weight excluding hydrogens is 282 g/mol. The lowest BCUT2D eigenvalue weighted by Gasteiger charge is -2.31. The molecule has 112 valence electrons. The lowest BCUT2D eigenvalue weighted by atomic mass is 9.92. The molecule has 7 heteroatoms. The summed E-state index contributed by atoms with van der Waals surface area (Å²) >= 11 is 0. The lowest BCUT2D eigenvalue weighted by molar-refractivity contribution is 0.0316. The summed E-state index contributed by atoms with van der Waals surface area (Å²) in [6.07, 6.45) is 1.55. The summed E-state index contributed by atoms with van der Waals surface area (Å²) in [7, 11) is 0. The molecule has 0 bridgehead atoms. The highest BCUT2D eigenvalue weighted by Gasteiger charge is 2.45. The summed E-state index contributed by atoms with van der Waals surface area (Å²) in [5.74, 6) is 0.775. The summed E-state index contributed by atoms with van der Waals surface area (Å²) in [5, 5.41) is 7.22. The highest BCUT2D eigenvalue weighted by atomic mass is 35.5. The molecule has 0 radical (unpaired) electrons. The lowest BCUT2D eigenvalue weighted by Crippen LogP contribution is -2.44. The molecule has 0 aromatic carbocycles. The fourth-order valence-electron chi connectivity index (χ4n) is 2.88. The van der Waals surface area contributed by atoms with E-state index in [0.29, 0.717) is 13.1 Å². The van der Waals surface area contributed by atoms with Crippen molar-refractivity contribution in [3.63, 3.8) is 0 Å². The first-order valence-electron chi connectivity index (χ1n) is 6.70. The van der Waals surface area contributed by atoms with E-state index in [1.807, 2.05) is 13.8 Å². The van der Waals surface area contributed by atoms with Gasteiger partial charge in [-0.2, -0.15) is 0 Å². The van der Waals surface area contributed by atoms with Crippen molar-refractivity contribution < 1.29 is 14.1 Å². The normalized spacial score (nSPS) is 20.9. The van der Waals surface area contributed by atoms with E-state index in [2.05, 4.69) is 10.5 Å². The van der Waals surface area contributed by atoms with Gasteiger partial charge < -0.3 is 14.6 Å². The van der Waals surface area contributed by atoms with Crippen LogP contribution in [0.3, 0.4) is 0 Å². The Morgan fingerprint density at radius 3 is 2.65 bits per heavy atom. The molecule has 1 aromatic rings. The SMILES string of the molecule is Cc1noc(C)c1CN1CC2(CCNCC2)OC1=O.Cl. The Labute approximate surface area is 124 Å². The monoisotopic (exact) mass is 301 g/mol. The van der Waals surface area contributed by atoms with Crippen LogP contribution in [-0.4, -0.2) is 41.4 Å². The Bertz CT molecular complexity index is 478. The van der Waals surface area contributed by atoms with Crippen LogP contribution in [0.2, 0.25) is 0 Å². The molecule has 3 rings (SSSR count). The number of carbonyl (C=O) groups is 1. The number of amides is 1. The Balaban J connectivity index is 0.00000147. The molecule has 20 heavy (non-hydrogen) atoms. The van der Waals surface area contributed by atoms with Crippen molar-refractivity contribution in [3.05, 3.63) is 17.0 Å². The maximum Gasteiger partial charge on any atom is 0.410 e. The number of hydrogen-bond acceptors (Lipinski definition) is 5. The van der Waals surface area contributed by atoms with E-state index >= 15 is 0 Å². The second-order valence-corrected chi connectivity index (χ2v) is 5.46. The molecule has 1 N–H and O–H groups in total. The van der Waals surface area contributed by atoms with Crippen molar-refractivity contribution in [3.8, 4) is 0 Å². The number of piperidine rings is 1. The van der Waals surface area contributed by atoms with Crippen LogP contribution in [0.4, 0.5) is 4.79 Å². The van der Waals surface area contributed by atoms with Crippen LogP contribution in [0.5, 0.6) is 0 Å². The van der Waals surface area contributed by atoms with Crippen LogP contribution in [0, 0.1) is 13.8 Å². The predicted molar refractivity (Wildman–Crippen MR) is 75.0 cm³/mol. The van der Waals surface area contributed by atoms with E-state index in [0.717, 1.165) is 42.9 Å². The van der Waals surface area contributed by atoms with Crippen LogP contribution < -0.4 is 5.32 Å². The van der Waals surface area contributed by atoms with E-state index in [4.69, 9.17) is 9.26 Å². The van der Waals surface area contributed by atoms with E-state index in [9.17, 15) is 4.79 Å². The maximum absolute atomic E-state index is 12.0. The van der Waals surface area contributed by atoms with Crippen LogP contribution in [0.1, 0.15) is 29.9 Å². The predicted octanol–water partition coefficient (Wildman–Crippen LogP) is 1.79. The highest BCUT2D eigenvalue weighted by molar-refractivity contribution is 5.85. The third kappa shape index (κ3) is 2.62. The van der Waals surface area contributed by atoms with Crippen molar-refractivity contribution in [2.45, 2.75) is 38.8 Å². The fourth-order valence-corrected chi connectivity index (χ4v) is 2.88. The van der Waals surface area contributed by atoms with Gasteiger partial charge in [-0.15, -0.1) is 12.4 Å². The Morgan fingerprint density at radius 2 is 2.05 bits per heavy atom. The van der Waals surface area contributed by atoms with Gasteiger partial charge in [0.2, 0.25) is 0 Å². The standard InChI is InChI=1S/C13H19N3O3.ClH/c1-9-11(10(2)19-15-9)7-16-8-13(18-12(16)17)3-5-14-6-4-13;/h14H,3-8H2,1-2H3;1H. The Kier molecular flexibility index (Phi) is 4.25. The second kappa shape index (κ2) is 5.61. The van der Waals surface area contributed by atoms with Gasteiger partial charge >= 0.3 is 6.09 Å². The summed E-state index contributed by atoms with van der Waals surface area (Å²) in [6, 6.07) is 0. The number of ether oxygens (including phenoxy) is 1. The fraction of sp³-hybridized carbons (Fsp3) is 0.692. The molecule has 2 saturated heterocycles. The Morgan fingerprint density at radius 1 is 1.35 bits per heavy atom. The first-order chi connectivity index (χ1) is 9.10. The molecule has 2 aliphatic rings. The van der Waals surface area contributed by atoms with Crippen LogP contribution in [0.25, 0.3) is 0 Å². The number of nitrogens with one attached hydrogen (secondary N) is 1. The van der Waals surface area contributed by atoms with E-state index < -0.39 is 0 Å². The Hall–Kier alpha value is -1.27. The molecule has 1 amide bonds. The van der Waals surface area contributed by atoms with Crippen LogP contribution in [-0.2, 0) is 11.3 Å². The molecule has 2 aliphatic heterocycles. The first-order valence-corrected chi connectivity index (χ1v) is 6.70. The third-order valence-electron chi connectivity index (χ3n) is 4.09. The smallest absolute Gasteiger partial charge is 0.410 e. The average Bonchev–Trinajstić information content (AvgIpc) is 2.85. The average molecular weight is 302 g/mol. The van der Waals surface area contributed by atoms with Gasteiger partial charge in [-0.05, 0) is 26.9 Å². The zero-order valence-corrected chi connectivity index (χ0v) is 12.6. The minimum Gasteiger partial charge on any atom is -0.441 e. The molecule has 1 aromatic heterocycles. The summed E-state index contributed by atoms with van der Waals surface area (Å²) < 4.78 is 10.8. The van der Waals surface area contributed by atoms with Gasteiger partial charge in [-0.3, -0.25) is 4.90 Å². The summed E-state index contributed by atoms with van der Waals surface area (Å²) in [4.78, 5) is 13.8. The van der Waals surface area contributed by atoms with E-state index in [-0.39, 0.29) is 24.1 Å². The summed E-state index contributed by atoms with van der Waals surface area (Å²) in [5.41, 5.74) is 1.54. The number of aryl methyl sites for hydroxylation is 2. The van der Waals surface area contributed by atoms with Gasteiger partial charge in [0.25, 0.3) is 0 Å². The zero-order valence-electron chi connectivity index (χ0n) is 11.8. The summed E-state index contributed by atoms with van der Waals surface area (Å²) in [6.45, 7) is 6.77. The van der Waals surface area contributed by atoms with E-state index in [1.165, 1.54) is 0 Å².